The molecule has 1 amide bonds. The van der Waals surface area contributed by atoms with E-state index in [0.717, 1.165) is 23.1 Å². The summed E-state index contributed by atoms with van der Waals surface area (Å²) in [6.45, 7) is 0. The zero-order chi connectivity index (χ0) is 11.7. The zero-order valence-electron chi connectivity index (χ0n) is 7.63. The lowest BCUT2D eigenvalue weighted by atomic mass is 10.4. The molecule has 0 spiro atoms. The lowest BCUT2D eigenvalue weighted by Gasteiger charge is -1.88. The number of hydrogen-bond acceptors (Lipinski definition) is 6. The minimum Gasteiger partial charge on any atom is -0.307 e. The number of carbonyl (C=O) groups is 1. The van der Waals surface area contributed by atoms with Gasteiger partial charge < -0.3 is 5.32 Å². The molecule has 2 heterocycles. The second-order valence-electron chi connectivity index (χ2n) is 2.79. The van der Waals surface area contributed by atoms with Gasteiger partial charge in [0, 0.05) is 10.9 Å². The van der Waals surface area contributed by atoms with Crippen LogP contribution in [-0.2, 0) is 4.79 Å². The van der Waals surface area contributed by atoms with E-state index in [9.17, 15) is 14.9 Å². The Balaban J connectivity index is 0.00000144. The van der Waals surface area contributed by atoms with Gasteiger partial charge in [-0.3, -0.25) is 14.9 Å². The van der Waals surface area contributed by atoms with Crippen molar-refractivity contribution in [1.82, 2.24) is 5.32 Å². The van der Waals surface area contributed by atoms with Crippen LogP contribution in [0.1, 0.15) is 12.3 Å². The van der Waals surface area contributed by atoms with Crippen LogP contribution in [0.3, 0.4) is 0 Å². The minimum absolute atomic E-state index is 0. The van der Waals surface area contributed by atoms with E-state index in [4.69, 9.17) is 12.2 Å². The van der Waals surface area contributed by atoms with Crippen LogP contribution >= 0.6 is 35.3 Å². The summed E-state index contributed by atoms with van der Waals surface area (Å²) in [5.41, 5.74) is 0. The summed E-state index contributed by atoms with van der Waals surface area (Å²) in [4.78, 5) is 22.4. The van der Waals surface area contributed by atoms with Gasteiger partial charge in [0.15, 0.2) is 0 Å². The van der Waals surface area contributed by atoms with Gasteiger partial charge in [0.05, 0.1) is 9.83 Å². The van der Waals surface area contributed by atoms with Crippen LogP contribution in [0.15, 0.2) is 17.0 Å². The third kappa shape index (κ3) is 3.11. The van der Waals surface area contributed by atoms with E-state index in [2.05, 4.69) is 5.32 Å². The second kappa shape index (κ2) is 5.39. The largest absolute Gasteiger partial charge is 0.324 e. The van der Waals surface area contributed by atoms with Crippen LogP contribution < -0.4 is 5.32 Å². The first-order chi connectivity index (χ1) is 7.56. The highest BCUT2D eigenvalue weighted by molar-refractivity contribution is 8.26. The molecular formula is C9H8N2O3S3. The van der Waals surface area contributed by atoms with Crippen molar-refractivity contribution in [3.8, 4) is 0 Å². The molecule has 0 bridgehead atoms. The molecule has 0 radical (unpaired) electrons. The van der Waals surface area contributed by atoms with Gasteiger partial charge >= 0.3 is 5.00 Å². The van der Waals surface area contributed by atoms with Gasteiger partial charge in [0.25, 0.3) is 5.91 Å². The molecule has 17 heavy (non-hydrogen) atoms. The predicted octanol–water partition coefficient (Wildman–Crippen LogP) is 2.78. The van der Waals surface area contributed by atoms with Crippen LogP contribution in [-0.4, -0.2) is 15.2 Å². The maximum atomic E-state index is 11.3. The Morgan fingerprint density at radius 2 is 2.18 bits per heavy atom. The Morgan fingerprint density at radius 3 is 2.65 bits per heavy atom. The summed E-state index contributed by atoms with van der Waals surface area (Å²) in [5, 5.41) is 13.0. The summed E-state index contributed by atoms with van der Waals surface area (Å²) >= 11 is 7.00. The molecule has 0 atom stereocenters. The van der Waals surface area contributed by atoms with E-state index in [1.165, 1.54) is 6.07 Å². The van der Waals surface area contributed by atoms with Crippen LogP contribution in [0.5, 0.6) is 0 Å². The summed E-state index contributed by atoms with van der Waals surface area (Å²) in [6.07, 6.45) is 1.59. The van der Waals surface area contributed by atoms with Crippen molar-refractivity contribution in [3.05, 3.63) is 32.0 Å². The first kappa shape index (κ1) is 13.8. The first-order valence-corrected chi connectivity index (χ1v) is 6.09. The first-order valence-electron chi connectivity index (χ1n) is 4.05. The van der Waals surface area contributed by atoms with Crippen molar-refractivity contribution in [2.45, 2.75) is 7.43 Å². The number of nitrogens with zero attached hydrogens (tertiary/aromatic N) is 1. The average molecular weight is 288 g/mol. The Morgan fingerprint density at radius 1 is 1.47 bits per heavy atom. The standard InChI is InChI=1S/C8H4N2O3S3.CH4/c11-7-5(16-8(14)9-7)3-4-1-2-6(15-4)10(12)13;/h1-3H,(H,9,11,14);1H4/b5-3+;. The minimum atomic E-state index is -0.459. The molecule has 1 fully saturated rings. The van der Waals surface area contributed by atoms with Gasteiger partial charge in [-0.2, -0.15) is 0 Å². The van der Waals surface area contributed by atoms with Crippen molar-refractivity contribution in [2.24, 2.45) is 0 Å². The Labute approximate surface area is 111 Å². The summed E-state index contributed by atoms with van der Waals surface area (Å²) in [6, 6.07) is 3.01. The van der Waals surface area contributed by atoms with Gasteiger partial charge in [-0.05, 0) is 12.1 Å². The topological polar surface area (TPSA) is 72.2 Å². The zero-order valence-corrected chi connectivity index (χ0v) is 10.1. The molecule has 1 aliphatic rings. The molecule has 0 aliphatic carbocycles. The van der Waals surface area contributed by atoms with E-state index in [-0.39, 0.29) is 18.3 Å². The lowest BCUT2D eigenvalue weighted by molar-refractivity contribution is -0.380. The highest BCUT2D eigenvalue weighted by Crippen LogP contribution is 2.30. The van der Waals surface area contributed by atoms with Crippen LogP contribution in [0, 0.1) is 10.1 Å². The molecule has 1 N–H and O–H groups in total. The molecule has 90 valence electrons. The number of thiophene rings is 1. The number of thiocarbonyl (C=S) groups is 1. The number of nitrogens with one attached hydrogen (secondary N) is 1. The van der Waals surface area contributed by atoms with E-state index < -0.39 is 4.92 Å². The maximum Gasteiger partial charge on any atom is 0.324 e. The highest BCUT2D eigenvalue weighted by atomic mass is 32.2. The molecule has 1 aromatic heterocycles. The van der Waals surface area contributed by atoms with Crippen molar-refractivity contribution in [2.75, 3.05) is 0 Å². The smallest absolute Gasteiger partial charge is 0.307 e. The molecule has 1 aliphatic heterocycles. The van der Waals surface area contributed by atoms with Crippen LogP contribution in [0.25, 0.3) is 6.08 Å². The summed E-state index contributed by atoms with van der Waals surface area (Å²) in [7, 11) is 0. The number of hydrogen-bond donors (Lipinski definition) is 1. The highest BCUT2D eigenvalue weighted by Gasteiger charge is 2.22. The van der Waals surface area contributed by atoms with Gasteiger partial charge in [-0.15, -0.1) is 0 Å². The molecular weight excluding hydrogens is 280 g/mol. The lowest BCUT2D eigenvalue weighted by Crippen LogP contribution is -2.17. The average Bonchev–Trinajstić information content (AvgIpc) is 2.75. The molecule has 1 saturated heterocycles. The summed E-state index contributed by atoms with van der Waals surface area (Å²) in [5.74, 6) is -0.258. The summed E-state index contributed by atoms with van der Waals surface area (Å²) < 4.78 is 0.405. The molecule has 1 aromatic rings. The van der Waals surface area contributed by atoms with Crippen LogP contribution in [0.4, 0.5) is 5.00 Å². The Hall–Kier alpha value is -1.25. The molecule has 0 aromatic carbocycles. The molecule has 0 saturated carbocycles. The molecule has 0 unspecified atom stereocenters. The van der Waals surface area contributed by atoms with Crippen molar-refractivity contribution >= 4 is 56.6 Å². The van der Waals surface area contributed by atoms with Crippen molar-refractivity contribution in [3.63, 3.8) is 0 Å². The van der Waals surface area contributed by atoms with E-state index in [1.807, 2.05) is 0 Å². The number of thioether (sulfide) groups is 1. The Bertz CT molecular complexity index is 521. The third-order valence-corrected chi connectivity index (χ3v) is 3.85. The van der Waals surface area contributed by atoms with E-state index in [0.29, 0.717) is 14.1 Å². The molecule has 8 heteroatoms. The van der Waals surface area contributed by atoms with E-state index >= 15 is 0 Å². The van der Waals surface area contributed by atoms with Crippen molar-refractivity contribution in [1.29, 1.82) is 0 Å². The fourth-order valence-electron chi connectivity index (χ4n) is 1.07. The van der Waals surface area contributed by atoms with Gasteiger partial charge in [-0.1, -0.05) is 42.7 Å². The predicted molar refractivity (Wildman–Crippen MR) is 74.0 cm³/mol. The number of amides is 1. The van der Waals surface area contributed by atoms with Crippen LogP contribution in [0.2, 0.25) is 0 Å². The SMILES string of the molecule is C.O=C1NC(=S)S/C1=C/c1ccc([N+](=O)[O-])s1. The maximum absolute atomic E-state index is 11.3. The monoisotopic (exact) mass is 288 g/mol. The molecule has 2 rings (SSSR count). The number of nitro groups is 1. The van der Waals surface area contributed by atoms with Gasteiger partial charge in [-0.25, -0.2) is 0 Å². The normalized spacial score (nSPS) is 16.8. The van der Waals surface area contributed by atoms with Gasteiger partial charge in [0.2, 0.25) is 0 Å². The fourth-order valence-corrected chi connectivity index (χ4v) is 2.94. The van der Waals surface area contributed by atoms with Crippen molar-refractivity contribution < 1.29 is 9.72 Å². The van der Waals surface area contributed by atoms with E-state index in [1.54, 1.807) is 12.1 Å². The number of rotatable bonds is 2. The number of carbonyl (C=O) groups excluding carboxylic acids is 1. The fraction of sp³-hybridized carbons (Fsp3) is 0.111. The quantitative estimate of drug-likeness (QED) is 0.392. The van der Waals surface area contributed by atoms with Gasteiger partial charge in [0.1, 0.15) is 4.32 Å². The molecule has 5 nitrogen and oxygen atoms in total. The third-order valence-electron chi connectivity index (χ3n) is 1.71. The second-order valence-corrected chi connectivity index (χ2v) is 5.60. The Kier molecular flexibility index (Phi) is 4.38.